The molecule has 19 heavy (non-hydrogen) atoms. The summed E-state index contributed by atoms with van der Waals surface area (Å²) in [5.41, 5.74) is 1.27. The predicted octanol–water partition coefficient (Wildman–Crippen LogP) is 1.35. The van der Waals surface area contributed by atoms with E-state index in [1.165, 1.54) is 5.56 Å². The van der Waals surface area contributed by atoms with Gasteiger partial charge in [0, 0.05) is 19.1 Å². The third kappa shape index (κ3) is 3.96. The number of carbonyl (C=O) groups is 1. The van der Waals surface area contributed by atoms with Crippen LogP contribution in [0.4, 0.5) is 0 Å². The lowest BCUT2D eigenvalue weighted by molar-refractivity contribution is -0.127. The molecule has 0 aromatic heterocycles. The van der Waals surface area contributed by atoms with Gasteiger partial charge in [-0.05, 0) is 37.5 Å². The molecule has 104 valence electrons. The van der Waals surface area contributed by atoms with Crippen LogP contribution in [0.1, 0.15) is 18.9 Å². The molecule has 0 radical (unpaired) electrons. The fourth-order valence-electron chi connectivity index (χ4n) is 2.08. The first-order chi connectivity index (χ1) is 9.19. The Morgan fingerprint density at radius 2 is 2.11 bits per heavy atom. The zero-order chi connectivity index (χ0) is 13.7. The molecular formula is C15H22N2O2. The van der Waals surface area contributed by atoms with Crippen molar-refractivity contribution < 1.29 is 9.53 Å². The Balaban J connectivity index is 1.72. The molecule has 2 rings (SSSR count). The standard InChI is InChI=1S/C15H22N2O2/c1-11(17-15(18)13-9-16-10-13)3-4-12-5-7-14(19-2)8-6-12/h5-8,11,13,16H,3-4,9-10H2,1-2H3,(H,17,18). The third-order valence-electron chi connectivity index (χ3n) is 3.57. The van der Waals surface area contributed by atoms with Gasteiger partial charge in [-0.25, -0.2) is 0 Å². The number of methoxy groups -OCH3 is 1. The number of amides is 1. The van der Waals surface area contributed by atoms with E-state index in [0.29, 0.717) is 0 Å². The van der Waals surface area contributed by atoms with Crippen LogP contribution in [0.3, 0.4) is 0 Å². The number of aryl methyl sites for hydroxylation is 1. The van der Waals surface area contributed by atoms with E-state index in [0.717, 1.165) is 31.7 Å². The van der Waals surface area contributed by atoms with Crippen molar-refractivity contribution in [2.45, 2.75) is 25.8 Å². The van der Waals surface area contributed by atoms with Gasteiger partial charge in [0.1, 0.15) is 5.75 Å². The van der Waals surface area contributed by atoms with E-state index >= 15 is 0 Å². The zero-order valence-electron chi connectivity index (χ0n) is 11.6. The maximum absolute atomic E-state index is 11.8. The molecule has 0 bridgehead atoms. The van der Waals surface area contributed by atoms with Gasteiger partial charge in [-0.2, -0.15) is 0 Å². The summed E-state index contributed by atoms with van der Waals surface area (Å²) in [6.45, 7) is 3.70. The van der Waals surface area contributed by atoms with E-state index in [2.05, 4.69) is 29.7 Å². The summed E-state index contributed by atoms with van der Waals surface area (Å²) in [7, 11) is 1.67. The number of nitrogens with one attached hydrogen (secondary N) is 2. The Morgan fingerprint density at radius 3 is 2.63 bits per heavy atom. The molecule has 1 atom stereocenters. The van der Waals surface area contributed by atoms with Gasteiger partial charge in [0.15, 0.2) is 0 Å². The first-order valence-electron chi connectivity index (χ1n) is 6.83. The van der Waals surface area contributed by atoms with Gasteiger partial charge in [0.05, 0.1) is 13.0 Å². The lowest BCUT2D eigenvalue weighted by atomic mass is 10.0. The van der Waals surface area contributed by atoms with Gasteiger partial charge in [-0.3, -0.25) is 4.79 Å². The lowest BCUT2D eigenvalue weighted by Crippen LogP contribution is -2.52. The van der Waals surface area contributed by atoms with Gasteiger partial charge < -0.3 is 15.4 Å². The Labute approximate surface area is 114 Å². The topological polar surface area (TPSA) is 50.4 Å². The normalized spacial score (nSPS) is 16.5. The molecule has 1 aliphatic rings. The fraction of sp³-hybridized carbons (Fsp3) is 0.533. The summed E-state index contributed by atoms with van der Waals surface area (Å²) >= 11 is 0. The van der Waals surface area contributed by atoms with Crippen LogP contribution in [-0.4, -0.2) is 32.1 Å². The highest BCUT2D eigenvalue weighted by molar-refractivity contribution is 5.80. The molecule has 1 amide bonds. The van der Waals surface area contributed by atoms with Crippen molar-refractivity contribution in [3.05, 3.63) is 29.8 Å². The molecule has 0 saturated carbocycles. The summed E-state index contributed by atoms with van der Waals surface area (Å²) < 4.78 is 5.13. The van der Waals surface area contributed by atoms with E-state index < -0.39 is 0 Å². The van der Waals surface area contributed by atoms with E-state index in [4.69, 9.17) is 4.74 Å². The summed E-state index contributed by atoms with van der Waals surface area (Å²) in [5, 5.41) is 6.18. The van der Waals surface area contributed by atoms with Gasteiger partial charge in [0.2, 0.25) is 5.91 Å². The second-order valence-electron chi connectivity index (χ2n) is 5.15. The number of hydrogen-bond acceptors (Lipinski definition) is 3. The minimum absolute atomic E-state index is 0.170. The molecule has 1 aromatic carbocycles. The fourth-order valence-corrected chi connectivity index (χ4v) is 2.08. The van der Waals surface area contributed by atoms with Crippen molar-refractivity contribution in [2.75, 3.05) is 20.2 Å². The first kappa shape index (κ1) is 13.9. The molecule has 1 saturated heterocycles. The number of ether oxygens (including phenoxy) is 1. The molecule has 0 spiro atoms. The lowest BCUT2D eigenvalue weighted by Gasteiger charge is -2.27. The minimum Gasteiger partial charge on any atom is -0.497 e. The van der Waals surface area contributed by atoms with Crippen LogP contribution in [0.25, 0.3) is 0 Å². The SMILES string of the molecule is COc1ccc(CCC(C)NC(=O)C2CNC2)cc1. The summed E-state index contributed by atoms with van der Waals surface area (Å²) in [4.78, 5) is 11.8. The van der Waals surface area contributed by atoms with Crippen LogP contribution >= 0.6 is 0 Å². The molecule has 0 aliphatic carbocycles. The van der Waals surface area contributed by atoms with Crippen LogP contribution < -0.4 is 15.4 Å². The second-order valence-corrected chi connectivity index (χ2v) is 5.15. The quantitative estimate of drug-likeness (QED) is 0.813. The van der Waals surface area contributed by atoms with Crippen LogP contribution in [0, 0.1) is 5.92 Å². The zero-order valence-corrected chi connectivity index (χ0v) is 11.6. The monoisotopic (exact) mass is 262 g/mol. The van der Waals surface area contributed by atoms with Crippen LogP contribution in [0.5, 0.6) is 5.75 Å². The predicted molar refractivity (Wildman–Crippen MR) is 75.3 cm³/mol. The maximum Gasteiger partial charge on any atom is 0.225 e. The Morgan fingerprint density at radius 1 is 1.42 bits per heavy atom. The Hall–Kier alpha value is -1.55. The van der Waals surface area contributed by atoms with Gasteiger partial charge in [0.25, 0.3) is 0 Å². The number of hydrogen-bond donors (Lipinski definition) is 2. The number of benzene rings is 1. The van der Waals surface area contributed by atoms with Gasteiger partial charge in [-0.1, -0.05) is 12.1 Å². The van der Waals surface area contributed by atoms with E-state index in [1.807, 2.05) is 12.1 Å². The van der Waals surface area contributed by atoms with E-state index in [1.54, 1.807) is 7.11 Å². The Kier molecular flexibility index (Phi) is 4.80. The van der Waals surface area contributed by atoms with Gasteiger partial charge >= 0.3 is 0 Å². The van der Waals surface area contributed by atoms with E-state index in [9.17, 15) is 4.79 Å². The second kappa shape index (κ2) is 6.57. The van der Waals surface area contributed by atoms with Crippen molar-refractivity contribution in [3.8, 4) is 5.75 Å². The van der Waals surface area contributed by atoms with Crippen LogP contribution in [0.2, 0.25) is 0 Å². The van der Waals surface area contributed by atoms with Crippen molar-refractivity contribution >= 4 is 5.91 Å². The number of rotatable bonds is 6. The van der Waals surface area contributed by atoms with Crippen LogP contribution in [0.15, 0.2) is 24.3 Å². The van der Waals surface area contributed by atoms with E-state index in [-0.39, 0.29) is 17.9 Å². The van der Waals surface area contributed by atoms with Crippen molar-refractivity contribution in [2.24, 2.45) is 5.92 Å². The highest BCUT2D eigenvalue weighted by Crippen LogP contribution is 2.13. The third-order valence-corrected chi connectivity index (χ3v) is 3.57. The first-order valence-corrected chi connectivity index (χ1v) is 6.83. The highest BCUT2D eigenvalue weighted by Gasteiger charge is 2.25. The molecule has 1 unspecified atom stereocenters. The average Bonchev–Trinajstić information content (AvgIpc) is 2.34. The average molecular weight is 262 g/mol. The smallest absolute Gasteiger partial charge is 0.225 e. The summed E-state index contributed by atoms with van der Waals surface area (Å²) in [6.07, 6.45) is 1.92. The molecule has 1 heterocycles. The molecule has 1 aromatic rings. The molecule has 4 heteroatoms. The maximum atomic E-state index is 11.8. The molecule has 2 N–H and O–H groups in total. The minimum atomic E-state index is 0.170. The summed E-state index contributed by atoms with van der Waals surface area (Å²) in [5.74, 6) is 1.23. The molecule has 4 nitrogen and oxygen atoms in total. The van der Waals surface area contributed by atoms with Gasteiger partial charge in [-0.15, -0.1) is 0 Å². The van der Waals surface area contributed by atoms with Crippen molar-refractivity contribution in [3.63, 3.8) is 0 Å². The Bertz CT molecular complexity index is 413. The number of carbonyl (C=O) groups excluding carboxylic acids is 1. The van der Waals surface area contributed by atoms with Crippen molar-refractivity contribution in [1.29, 1.82) is 0 Å². The molecule has 1 fully saturated rings. The van der Waals surface area contributed by atoms with Crippen molar-refractivity contribution in [1.82, 2.24) is 10.6 Å². The largest absolute Gasteiger partial charge is 0.497 e. The van der Waals surface area contributed by atoms with Crippen LogP contribution in [-0.2, 0) is 11.2 Å². The molecular weight excluding hydrogens is 240 g/mol. The summed E-state index contributed by atoms with van der Waals surface area (Å²) in [6, 6.07) is 8.30. The molecule has 1 aliphatic heterocycles. The highest BCUT2D eigenvalue weighted by atomic mass is 16.5.